The third kappa shape index (κ3) is 8.75. The molecule has 164 valence electrons. The van der Waals surface area contributed by atoms with Gasteiger partial charge in [-0.15, -0.1) is 24.0 Å². The van der Waals surface area contributed by atoms with Crippen LogP contribution in [0.5, 0.6) is 5.75 Å². The molecular weight excluding hydrogens is 487 g/mol. The van der Waals surface area contributed by atoms with Crippen molar-refractivity contribution in [3.63, 3.8) is 0 Å². The van der Waals surface area contributed by atoms with Gasteiger partial charge in [0, 0.05) is 39.2 Å². The number of methoxy groups -OCH3 is 1. The maximum absolute atomic E-state index is 12.1. The summed E-state index contributed by atoms with van der Waals surface area (Å²) in [5.74, 6) is 1.03. The molecule has 2 rings (SSSR count). The fourth-order valence-corrected chi connectivity index (χ4v) is 3.07. The minimum Gasteiger partial charge on any atom is -0.507 e. The van der Waals surface area contributed by atoms with Gasteiger partial charge in [0.1, 0.15) is 5.75 Å². The van der Waals surface area contributed by atoms with E-state index >= 15 is 0 Å². The molecule has 1 aromatic carbocycles. The number of nitrogens with one attached hydrogen (secondary N) is 2. The van der Waals surface area contributed by atoms with Gasteiger partial charge in [-0.25, -0.2) is 0 Å². The molecule has 0 radical (unpaired) electrons. The summed E-state index contributed by atoms with van der Waals surface area (Å²) >= 11 is 0. The number of guanidine groups is 1. The number of phenolic OH excluding ortho intramolecular Hbond substituents is 1. The van der Waals surface area contributed by atoms with Gasteiger partial charge in [-0.3, -0.25) is 9.79 Å². The van der Waals surface area contributed by atoms with Crippen LogP contribution in [0.15, 0.2) is 29.3 Å². The third-order valence-electron chi connectivity index (χ3n) is 4.51. The number of hydrogen-bond donors (Lipinski definition) is 3. The number of rotatable bonds is 10. The lowest BCUT2D eigenvalue weighted by atomic mass is 10.1. The van der Waals surface area contributed by atoms with Crippen molar-refractivity contribution in [1.29, 1.82) is 0 Å². The molecule has 8 nitrogen and oxygen atoms in total. The van der Waals surface area contributed by atoms with E-state index in [2.05, 4.69) is 20.5 Å². The van der Waals surface area contributed by atoms with E-state index in [4.69, 9.17) is 9.47 Å². The van der Waals surface area contributed by atoms with Crippen molar-refractivity contribution in [2.75, 3.05) is 59.7 Å². The van der Waals surface area contributed by atoms with E-state index in [0.717, 1.165) is 38.6 Å². The smallest absolute Gasteiger partial charge is 0.255 e. The second kappa shape index (κ2) is 14.4. The molecule has 0 aromatic heterocycles. The Morgan fingerprint density at radius 2 is 2.10 bits per heavy atom. The quantitative estimate of drug-likeness (QED) is 0.188. The largest absolute Gasteiger partial charge is 0.507 e. The molecule has 1 aliphatic heterocycles. The lowest BCUT2D eigenvalue weighted by Crippen LogP contribution is -2.41. The maximum Gasteiger partial charge on any atom is 0.255 e. The summed E-state index contributed by atoms with van der Waals surface area (Å²) in [5, 5.41) is 15.8. The second-order valence-electron chi connectivity index (χ2n) is 6.68. The first kappa shape index (κ1) is 25.4. The van der Waals surface area contributed by atoms with Crippen molar-refractivity contribution in [3.05, 3.63) is 29.8 Å². The molecule has 1 unspecified atom stereocenters. The van der Waals surface area contributed by atoms with Gasteiger partial charge in [-0.1, -0.05) is 12.1 Å². The highest BCUT2D eigenvalue weighted by Crippen LogP contribution is 2.17. The highest BCUT2D eigenvalue weighted by molar-refractivity contribution is 14.0. The Hall–Kier alpha value is -1.59. The van der Waals surface area contributed by atoms with Crippen LogP contribution in [0, 0.1) is 5.92 Å². The summed E-state index contributed by atoms with van der Waals surface area (Å²) < 4.78 is 10.6. The first-order chi connectivity index (χ1) is 13.7. The zero-order valence-corrected chi connectivity index (χ0v) is 19.6. The van der Waals surface area contributed by atoms with Crippen LogP contribution in [0.4, 0.5) is 0 Å². The fourth-order valence-electron chi connectivity index (χ4n) is 3.07. The topological polar surface area (TPSA) is 95.4 Å². The fraction of sp³-hybridized carbons (Fsp3) is 0.600. The summed E-state index contributed by atoms with van der Waals surface area (Å²) in [6, 6.07) is 6.50. The summed E-state index contributed by atoms with van der Waals surface area (Å²) in [4.78, 5) is 19.0. The number of phenols is 1. The van der Waals surface area contributed by atoms with Crippen LogP contribution in [0.1, 0.15) is 23.7 Å². The number of likely N-dealkylation sites (tertiary alicyclic amines) is 1. The van der Waals surface area contributed by atoms with E-state index in [-0.39, 0.29) is 41.2 Å². The number of amides is 1. The molecule has 1 aliphatic rings. The van der Waals surface area contributed by atoms with E-state index in [1.165, 1.54) is 6.07 Å². The van der Waals surface area contributed by atoms with Crippen LogP contribution < -0.4 is 10.6 Å². The molecular formula is C20H33IN4O4. The first-order valence-corrected chi connectivity index (χ1v) is 9.81. The van der Waals surface area contributed by atoms with E-state index < -0.39 is 0 Å². The number of ether oxygens (including phenoxy) is 2. The number of nitrogens with zero attached hydrogens (tertiary/aromatic N) is 2. The van der Waals surface area contributed by atoms with Crippen LogP contribution in [-0.2, 0) is 9.47 Å². The molecule has 1 saturated heterocycles. The maximum atomic E-state index is 12.1. The van der Waals surface area contributed by atoms with Crippen molar-refractivity contribution in [2.45, 2.75) is 13.3 Å². The number of carbonyl (C=O) groups is 1. The van der Waals surface area contributed by atoms with Gasteiger partial charge in [0.25, 0.3) is 5.91 Å². The van der Waals surface area contributed by atoms with Crippen molar-refractivity contribution < 1.29 is 19.4 Å². The van der Waals surface area contributed by atoms with E-state index in [9.17, 15) is 9.90 Å². The third-order valence-corrected chi connectivity index (χ3v) is 4.51. The summed E-state index contributed by atoms with van der Waals surface area (Å²) in [6.45, 7) is 7.51. The lowest BCUT2D eigenvalue weighted by molar-refractivity contribution is 0.0536. The van der Waals surface area contributed by atoms with Gasteiger partial charge in [-0.2, -0.15) is 0 Å². The summed E-state index contributed by atoms with van der Waals surface area (Å²) in [7, 11) is 1.67. The van der Waals surface area contributed by atoms with Crippen molar-refractivity contribution in [2.24, 2.45) is 10.9 Å². The van der Waals surface area contributed by atoms with Gasteiger partial charge in [0.15, 0.2) is 5.96 Å². The number of benzene rings is 1. The summed E-state index contributed by atoms with van der Waals surface area (Å²) in [5.41, 5.74) is 0.272. The van der Waals surface area contributed by atoms with Gasteiger partial charge in [0.2, 0.25) is 0 Å². The van der Waals surface area contributed by atoms with Gasteiger partial charge in [-0.05, 0) is 25.5 Å². The number of aromatic hydroxyl groups is 1. The van der Waals surface area contributed by atoms with Crippen molar-refractivity contribution in [3.8, 4) is 5.75 Å². The van der Waals surface area contributed by atoms with Gasteiger partial charge >= 0.3 is 0 Å². The number of aliphatic imine (C=N–C) groups is 1. The Morgan fingerprint density at radius 1 is 1.31 bits per heavy atom. The summed E-state index contributed by atoms with van der Waals surface area (Å²) in [6.07, 6.45) is 1.07. The molecule has 0 aliphatic carbocycles. The van der Waals surface area contributed by atoms with Crippen molar-refractivity contribution in [1.82, 2.24) is 15.5 Å². The zero-order valence-electron chi connectivity index (χ0n) is 17.2. The highest BCUT2D eigenvalue weighted by atomic mass is 127. The van der Waals surface area contributed by atoms with Gasteiger partial charge in [0.05, 0.1) is 31.9 Å². The zero-order chi connectivity index (χ0) is 20.2. The molecule has 1 fully saturated rings. The number of hydrogen-bond acceptors (Lipinski definition) is 5. The molecule has 1 aromatic rings. The molecule has 1 heterocycles. The van der Waals surface area contributed by atoms with Crippen LogP contribution in [0.3, 0.4) is 0 Å². The van der Waals surface area contributed by atoms with Crippen LogP contribution >= 0.6 is 24.0 Å². The molecule has 3 N–H and O–H groups in total. The molecule has 9 heteroatoms. The van der Waals surface area contributed by atoms with Crippen LogP contribution in [0.2, 0.25) is 0 Å². The normalized spacial score (nSPS) is 16.4. The number of carbonyl (C=O) groups excluding carboxylic acids is 1. The lowest BCUT2D eigenvalue weighted by Gasteiger charge is -2.21. The Labute approximate surface area is 190 Å². The first-order valence-electron chi connectivity index (χ1n) is 9.81. The monoisotopic (exact) mass is 520 g/mol. The Bertz CT molecular complexity index is 645. The van der Waals surface area contributed by atoms with Crippen LogP contribution in [0.25, 0.3) is 0 Å². The Balaban J connectivity index is 0.00000420. The standard InChI is InChI=1S/C20H32N4O4.HI/c1-3-21-20(24-11-8-16(14-24)15-28-13-12-27-2)23-10-9-22-19(26)17-6-4-5-7-18(17)25;/h4-7,16,25H,3,8-15H2,1-2H3,(H,21,23)(H,22,26);1H. The highest BCUT2D eigenvalue weighted by Gasteiger charge is 2.24. The predicted molar refractivity (Wildman–Crippen MR) is 124 cm³/mol. The molecule has 1 atom stereocenters. The van der Waals surface area contributed by atoms with Crippen molar-refractivity contribution >= 4 is 35.8 Å². The van der Waals surface area contributed by atoms with E-state index in [1.807, 2.05) is 6.92 Å². The predicted octanol–water partition coefficient (Wildman–Crippen LogP) is 1.69. The van der Waals surface area contributed by atoms with Crippen LogP contribution in [-0.4, -0.2) is 81.5 Å². The van der Waals surface area contributed by atoms with Gasteiger partial charge < -0.3 is 30.1 Å². The average Bonchev–Trinajstić information content (AvgIpc) is 3.16. The Morgan fingerprint density at radius 3 is 2.83 bits per heavy atom. The van der Waals surface area contributed by atoms with E-state index in [0.29, 0.717) is 32.2 Å². The number of para-hydroxylation sites is 1. The molecule has 0 bridgehead atoms. The average molecular weight is 520 g/mol. The molecule has 0 saturated carbocycles. The van der Waals surface area contributed by atoms with E-state index in [1.54, 1.807) is 25.3 Å². The molecule has 29 heavy (non-hydrogen) atoms. The SMILES string of the molecule is CCNC(=NCCNC(=O)c1ccccc1O)N1CCC(COCCOC)C1.I. The molecule has 1 amide bonds. The Kier molecular flexibility index (Phi) is 12.6. The molecule has 0 spiro atoms. The minimum absolute atomic E-state index is 0. The number of halogens is 1. The second-order valence-corrected chi connectivity index (χ2v) is 6.68. The minimum atomic E-state index is -0.298.